The van der Waals surface area contributed by atoms with Crippen molar-refractivity contribution in [2.24, 2.45) is 0 Å². The maximum atomic E-state index is 8.36. The van der Waals surface area contributed by atoms with Crippen LogP contribution in [0.4, 0.5) is 0 Å². The second kappa shape index (κ2) is 13.3. The Morgan fingerprint density at radius 3 is 1.23 bits per heavy atom. The molecule has 3 heteroatoms. The van der Waals surface area contributed by atoms with Gasteiger partial charge in [0.05, 0.1) is 0 Å². The smallest absolute Gasteiger partial charge is 0.290 e. The molecular formula is C19H31NO2. The quantitative estimate of drug-likeness (QED) is 0.783. The lowest BCUT2D eigenvalue weighted by atomic mass is 9.91. The van der Waals surface area contributed by atoms with Crippen LogP contribution in [0.3, 0.4) is 0 Å². The minimum Gasteiger partial charge on any atom is -0.483 e. The second-order valence-electron chi connectivity index (χ2n) is 6.10. The highest BCUT2D eigenvalue weighted by Crippen LogP contribution is 2.22. The molecule has 0 heterocycles. The normalized spacial score (nSPS) is 19.1. The predicted molar refractivity (Wildman–Crippen MR) is 92.0 cm³/mol. The lowest BCUT2D eigenvalue weighted by Gasteiger charge is -2.30. The van der Waals surface area contributed by atoms with Gasteiger partial charge in [-0.2, -0.15) is 0 Å². The van der Waals surface area contributed by atoms with Crippen molar-refractivity contribution in [3.05, 3.63) is 36.4 Å². The van der Waals surface area contributed by atoms with Crippen LogP contribution in [0, 0.1) is 0 Å². The second-order valence-corrected chi connectivity index (χ2v) is 6.10. The SMILES string of the molecule is C1CCC(NC2CCCCC2)CC1.O=CO.c1ccccc1. The molecule has 0 unspecified atom stereocenters. The van der Waals surface area contributed by atoms with Gasteiger partial charge in [-0.05, 0) is 25.7 Å². The molecule has 2 N–H and O–H groups in total. The maximum absolute atomic E-state index is 8.36. The largest absolute Gasteiger partial charge is 0.483 e. The van der Waals surface area contributed by atoms with Gasteiger partial charge in [0, 0.05) is 12.1 Å². The van der Waals surface area contributed by atoms with Gasteiger partial charge in [0.2, 0.25) is 0 Å². The van der Waals surface area contributed by atoms with Crippen molar-refractivity contribution in [1.29, 1.82) is 0 Å². The molecule has 2 aliphatic rings. The van der Waals surface area contributed by atoms with Gasteiger partial charge in [-0.15, -0.1) is 0 Å². The van der Waals surface area contributed by atoms with Crippen LogP contribution in [0.25, 0.3) is 0 Å². The Kier molecular flexibility index (Phi) is 11.3. The molecule has 0 atom stereocenters. The summed E-state index contributed by atoms with van der Waals surface area (Å²) in [5.41, 5.74) is 0. The molecule has 1 aromatic carbocycles. The molecule has 1 aromatic rings. The van der Waals surface area contributed by atoms with Crippen LogP contribution in [-0.2, 0) is 4.79 Å². The van der Waals surface area contributed by atoms with Gasteiger partial charge in [0.15, 0.2) is 0 Å². The fraction of sp³-hybridized carbons (Fsp3) is 0.632. The van der Waals surface area contributed by atoms with Gasteiger partial charge >= 0.3 is 0 Å². The summed E-state index contributed by atoms with van der Waals surface area (Å²) in [6, 6.07) is 13.7. The Bertz CT molecular complexity index is 301. The lowest BCUT2D eigenvalue weighted by molar-refractivity contribution is -0.122. The van der Waals surface area contributed by atoms with Crippen LogP contribution in [0.1, 0.15) is 64.2 Å². The van der Waals surface area contributed by atoms with E-state index >= 15 is 0 Å². The highest BCUT2D eigenvalue weighted by atomic mass is 16.3. The van der Waals surface area contributed by atoms with Gasteiger partial charge in [-0.3, -0.25) is 4.79 Å². The number of carboxylic acid groups (broad SMARTS) is 1. The first kappa shape index (κ1) is 18.7. The fourth-order valence-electron chi connectivity index (χ4n) is 3.26. The average Bonchev–Trinajstić information content (AvgIpc) is 2.60. The van der Waals surface area contributed by atoms with Gasteiger partial charge in [-0.1, -0.05) is 74.9 Å². The first-order chi connectivity index (χ1) is 10.9. The van der Waals surface area contributed by atoms with Crippen LogP contribution < -0.4 is 5.32 Å². The third-order valence-corrected chi connectivity index (χ3v) is 4.35. The molecule has 22 heavy (non-hydrogen) atoms. The van der Waals surface area contributed by atoms with E-state index in [4.69, 9.17) is 9.90 Å². The number of hydrogen-bond acceptors (Lipinski definition) is 2. The third-order valence-electron chi connectivity index (χ3n) is 4.35. The van der Waals surface area contributed by atoms with Crippen molar-refractivity contribution in [3.8, 4) is 0 Å². The van der Waals surface area contributed by atoms with Gasteiger partial charge < -0.3 is 10.4 Å². The summed E-state index contributed by atoms with van der Waals surface area (Å²) in [6.45, 7) is -0.250. The third kappa shape index (κ3) is 9.56. The standard InChI is InChI=1S/C12H23N.C6H6.CH2O2/c1-3-7-11(8-4-1)13-12-9-5-2-6-10-12;1-2-4-6-5-3-1;2-1-3/h11-13H,1-10H2;1-6H;1H,(H,2,3). The fourth-order valence-corrected chi connectivity index (χ4v) is 3.26. The maximum Gasteiger partial charge on any atom is 0.290 e. The zero-order valence-corrected chi connectivity index (χ0v) is 13.6. The molecule has 3 rings (SSSR count). The molecule has 2 fully saturated rings. The van der Waals surface area contributed by atoms with Crippen LogP contribution in [-0.4, -0.2) is 23.7 Å². The summed E-state index contributed by atoms with van der Waals surface area (Å²) in [5.74, 6) is 0. The van der Waals surface area contributed by atoms with Crippen LogP contribution in [0.15, 0.2) is 36.4 Å². The number of hydrogen-bond donors (Lipinski definition) is 2. The van der Waals surface area contributed by atoms with Gasteiger partial charge in [0.25, 0.3) is 6.47 Å². The molecule has 0 spiro atoms. The summed E-state index contributed by atoms with van der Waals surface area (Å²) in [6.07, 6.45) is 14.6. The molecule has 0 bridgehead atoms. The molecular weight excluding hydrogens is 274 g/mol. The summed E-state index contributed by atoms with van der Waals surface area (Å²) in [4.78, 5) is 8.36. The Balaban J connectivity index is 0.000000224. The van der Waals surface area contributed by atoms with E-state index in [0.717, 1.165) is 12.1 Å². The van der Waals surface area contributed by atoms with E-state index in [9.17, 15) is 0 Å². The first-order valence-corrected chi connectivity index (χ1v) is 8.70. The number of nitrogens with one attached hydrogen (secondary N) is 1. The van der Waals surface area contributed by atoms with Crippen molar-refractivity contribution in [2.75, 3.05) is 0 Å². The molecule has 0 radical (unpaired) electrons. The molecule has 0 aromatic heterocycles. The monoisotopic (exact) mass is 305 g/mol. The molecule has 0 amide bonds. The molecule has 0 aliphatic heterocycles. The van der Waals surface area contributed by atoms with E-state index in [1.165, 1.54) is 64.2 Å². The zero-order valence-electron chi connectivity index (χ0n) is 13.6. The summed E-state index contributed by atoms with van der Waals surface area (Å²) in [5, 5.41) is 10.7. The first-order valence-electron chi connectivity index (χ1n) is 8.70. The van der Waals surface area contributed by atoms with E-state index < -0.39 is 0 Å². The highest BCUT2D eigenvalue weighted by Gasteiger charge is 2.19. The zero-order chi connectivity index (χ0) is 15.9. The summed E-state index contributed by atoms with van der Waals surface area (Å²) in [7, 11) is 0. The molecule has 0 saturated heterocycles. The minimum atomic E-state index is -0.250. The van der Waals surface area contributed by atoms with Gasteiger partial charge in [-0.25, -0.2) is 0 Å². The Labute approximate surface area is 135 Å². The van der Waals surface area contributed by atoms with E-state index in [-0.39, 0.29) is 6.47 Å². The average molecular weight is 305 g/mol. The Hall–Kier alpha value is -1.35. The summed E-state index contributed by atoms with van der Waals surface area (Å²) >= 11 is 0. The van der Waals surface area contributed by atoms with Crippen LogP contribution in [0.5, 0.6) is 0 Å². The van der Waals surface area contributed by atoms with E-state index in [1.54, 1.807) is 0 Å². The topological polar surface area (TPSA) is 49.3 Å². The number of carbonyl (C=O) groups is 1. The van der Waals surface area contributed by atoms with Crippen molar-refractivity contribution in [1.82, 2.24) is 5.32 Å². The van der Waals surface area contributed by atoms with Crippen LogP contribution >= 0.6 is 0 Å². The van der Waals surface area contributed by atoms with E-state index in [2.05, 4.69) is 5.32 Å². The molecule has 2 saturated carbocycles. The highest BCUT2D eigenvalue weighted by molar-refractivity contribution is 5.32. The summed E-state index contributed by atoms with van der Waals surface area (Å²) < 4.78 is 0. The number of rotatable bonds is 2. The minimum absolute atomic E-state index is 0.250. The molecule has 2 aliphatic carbocycles. The lowest BCUT2D eigenvalue weighted by Crippen LogP contribution is -2.40. The van der Waals surface area contributed by atoms with Crippen molar-refractivity contribution < 1.29 is 9.90 Å². The Morgan fingerprint density at radius 2 is 0.955 bits per heavy atom. The van der Waals surface area contributed by atoms with E-state index in [1.807, 2.05) is 36.4 Å². The van der Waals surface area contributed by atoms with Crippen molar-refractivity contribution in [3.63, 3.8) is 0 Å². The molecule has 124 valence electrons. The predicted octanol–water partition coefficient (Wildman–Crippen LogP) is 4.63. The van der Waals surface area contributed by atoms with E-state index in [0.29, 0.717) is 0 Å². The molecule has 3 nitrogen and oxygen atoms in total. The number of benzene rings is 1. The van der Waals surface area contributed by atoms with Crippen molar-refractivity contribution in [2.45, 2.75) is 76.3 Å². The van der Waals surface area contributed by atoms with Gasteiger partial charge in [0.1, 0.15) is 0 Å². The Morgan fingerprint density at radius 1 is 0.682 bits per heavy atom. The van der Waals surface area contributed by atoms with Crippen LogP contribution in [0.2, 0.25) is 0 Å². The van der Waals surface area contributed by atoms with Crippen molar-refractivity contribution >= 4 is 6.47 Å².